The van der Waals surface area contributed by atoms with Gasteiger partial charge >= 0.3 is 0 Å². The summed E-state index contributed by atoms with van der Waals surface area (Å²) in [5, 5.41) is 5.84. The van der Waals surface area contributed by atoms with E-state index in [1.165, 1.54) is 0 Å². The van der Waals surface area contributed by atoms with Gasteiger partial charge in [0, 0.05) is 11.3 Å². The number of carbonyl (C=O) groups excluding carboxylic acids is 1. The van der Waals surface area contributed by atoms with Crippen molar-refractivity contribution in [1.82, 2.24) is 5.32 Å². The molecule has 0 saturated heterocycles. The van der Waals surface area contributed by atoms with Crippen molar-refractivity contribution in [2.24, 2.45) is 0 Å². The SMILES string of the molecule is C#Cc1cccc(NCC(=O)NCCOc2cccc(C)c2)c1. The van der Waals surface area contributed by atoms with E-state index in [0.29, 0.717) is 13.2 Å². The van der Waals surface area contributed by atoms with Crippen LogP contribution in [0.25, 0.3) is 0 Å². The first-order valence-electron chi connectivity index (χ1n) is 7.44. The average Bonchev–Trinajstić information content (AvgIpc) is 2.57. The Kier molecular flexibility index (Phi) is 6.07. The van der Waals surface area contributed by atoms with Crippen molar-refractivity contribution >= 4 is 11.6 Å². The smallest absolute Gasteiger partial charge is 0.239 e. The highest BCUT2D eigenvalue weighted by Gasteiger charge is 2.01. The quantitative estimate of drug-likeness (QED) is 0.610. The van der Waals surface area contributed by atoms with Crippen molar-refractivity contribution in [3.05, 3.63) is 59.7 Å². The van der Waals surface area contributed by atoms with Crippen molar-refractivity contribution in [1.29, 1.82) is 0 Å². The maximum Gasteiger partial charge on any atom is 0.239 e. The lowest BCUT2D eigenvalue weighted by atomic mass is 10.2. The Morgan fingerprint density at radius 1 is 1.22 bits per heavy atom. The van der Waals surface area contributed by atoms with Crippen LogP contribution >= 0.6 is 0 Å². The zero-order chi connectivity index (χ0) is 16.5. The van der Waals surface area contributed by atoms with Crippen LogP contribution in [0.1, 0.15) is 11.1 Å². The number of anilines is 1. The molecule has 0 saturated carbocycles. The standard InChI is InChI=1S/C19H20N2O2/c1-3-16-7-5-8-17(13-16)21-14-19(22)20-10-11-23-18-9-4-6-15(2)12-18/h1,4-9,12-13,21H,10-11,14H2,2H3,(H,20,22). The second kappa shape index (κ2) is 8.50. The van der Waals surface area contributed by atoms with Gasteiger partial charge in [-0.1, -0.05) is 24.1 Å². The van der Waals surface area contributed by atoms with E-state index in [4.69, 9.17) is 11.2 Å². The van der Waals surface area contributed by atoms with Crippen molar-refractivity contribution < 1.29 is 9.53 Å². The minimum absolute atomic E-state index is 0.0936. The second-order valence-electron chi connectivity index (χ2n) is 5.09. The third kappa shape index (κ3) is 5.76. The number of hydrogen-bond donors (Lipinski definition) is 2. The lowest BCUT2D eigenvalue weighted by Gasteiger charge is -2.09. The molecule has 2 N–H and O–H groups in total. The molecule has 2 aromatic carbocycles. The van der Waals surface area contributed by atoms with Crippen LogP contribution in [0.2, 0.25) is 0 Å². The highest BCUT2D eigenvalue weighted by molar-refractivity contribution is 5.80. The Hall–Kier alpha value is -2.93. The molecule has 0 spiro atoms. The Morgan fingerprint density at radius 3 is 2.83 bits per heavy atom. The van der Waals surface area contributed by atoms with Crippen LogP contribution in [0.4, 0.5) is 5.69 Å². The largest absolute Gasteiger partial charge is 0.492 e. The molecule has 2 aromatic rings. The number of terminal acetylenes is 1. The molecule has 0 fully saturated rings. The van der Waals surface area contributed by atoms with E-state index in [0.717, 1.165) is 22.6 Å². The maximum atomic E-state index is 11.8. The van der Waals surface area contributed by atoms with Crippen molar-refractivity contribution in [3.63, 3.8) is 0 Å². The summed E-state index contributed by atoms with van der Waals surface area (Å²) in [7, 11) is 0. The molecule has 23 heavy (non-hydrogen) atoms. The molecule has 0 heterocycles. The molecular formula is C19H20N2O2. The molecule has 2 rings (SSSR count). The van der Waals surface area contributed by atoms with Gasteiger partial charge in [0.25, 0.3) is 0 Å². The van der Waals surface area contributed by atoms with Gasteiger partial charge in [-0.2, -0.15) is 0 Å². The highest BCUT2D eigenvalue weighted by atomic mass is 16.5. The summed E-state index contributed by atoms with van der Waals surface area (Å²) in [5.41, 5.74) is 2.75. The van der Waals surface area contributed by atoms with Crippen molar-refractivity contribution in [2.45, 2.75) is 6.92 Å². The zero-order valence-corrected chi connectivity index (χ0v) is 13.1. The highest BCUT2D eigenvalue weighted by Crippen LogP contribution is 2.11. The van der Waals surface area contributed by atoms with Gasteiger partial charge < -0.3 is 15.4 Å². The first kappa shape index (κ1) is 16.4. The van der Waals surface area contributed by atoms with Crippen LogP contribution < -0.4 is 15.4 Å². The summed E-state index contributed by atoms with van der Waals surface area (Å²) in [4.78, 5) is 11.8. The predicted octanol–water partition coefficient (Wildman–Crippen LogP) is 2.58. The van der Waals surface area contributed by atoms with Gasteiger partial charge in [0.15, 0.2) is 0 Å². The number of nitrogens with one attached hydrogen (secondary N) is 2. The number of rotatable bonds is 7. The normalized spacial score (nSPS) is 9.74. The second-order valence-corrected chi connectivity index (χ2v) is 5.09. The minimum Gasteiger partial charge on any atom is -0.492 e. The van der Waals surface area contributed by atoms with Crippen molar-refractivity contribution in [3.8, 4) is 18.1 Å². The number of hydrogen-bond acceptors (Lipinski definition) is 3. The Labute approximate surface area is 136 Å². The summed E-state index contributed by atoms with van der Waals surface area (Å²) in [6, 6.07) is 15.2. The van der Waals surface area contributed by atoms with Crippen LogP contribution in [0.15, 0.2) is 48.5 Å². The van der Waals surface area contributed by atoms with E-state index >= 15 is 0 Å². The molecule has 4 heteroatoms. The number of amides is 1. The summed E-state index contributed by atoms with van der Waals surface area (Å²) in [6.45, 7) is 3.09. The van der Waals surface area contributed by atoms with E-state index in [1.807, 2.05) is 55.5 Å². The van der Waals surface area contributed by atoms with Gasteiger partial charge in [0.2, 0.25) is 5.91 Å². The molecule has 0 bridgehead atoms. The Balaban J connectivity index is 1.66. The molecule has 4 nitrogen and oxygen atoms in total. The lowest BCUT2D eigenvalue weighted by Crippen LogP contribution is -2.33. The molecule has 0 unspecified atom stereocenters. The fourth-order valence-electron chi connectivity index (χ4n) is 2.03. The molecule has 0 atom stereocenters. The van der Waals surface area contributed by atoms with Gasteiger partial charge in [-0.25, -0.2) is 0 Å². The fraction of sp³-hybridized carbons (Fsp3) is 0.211. The molecule has 1 amide bonds. The lowest BCUT2D eigenvalue weighted by molar-refractivity contribution is -0.119. The van der Waals surface area contributed by atoms with E-state index in [2.05, 4.69) is 16.6 Å². The van der Waals surface area contributed by atoms with E-state index in [9.17, 15) is 4.79 Å². The monoisotopic (exact) mass is 308 g/mol. The number of aryl methyl sites for hydroxylation is 1. The maximum absolute atomic E-state index is 11.8. The van der Waals surface area contributed by atoms with Gasteiger partial charge in [-0.05, 0) is 42.8 Å². The molecule has 118 valence electrons. The average molecular weight is 308 g/mol. The topological polar surface area (TPSA) is 50.4 Å². The van der Waals surface area contributed by atoms with Gasteiger partial charge in [0.05, 0.1) is 13.1 Å². The summed E-state index contributed by atoms with van der Waals surface area (Å²) < 4.78 is 5.57. The van der Waals surface area contributed by atoms with Crippen LogP contribution in [-0.4, -0.2) is 25.6 Å². The molecule has 0 aliphatic rings. The first-order chi connectivity index (χ1) is 11.2. The molecular weight excluding hydrogens is 288 g/mol. The summed E-state index contributed by atoms with van der Waals surface area (Å²) >= 11 is 0. The van der Waals surface area contributed by atoms with Gasteiger partial charge in [-0.15, -0.1) is 6.42 Å². The van der Waals surface area contributed by atoms with E-state index in [-0.39, 0.29) is 12.5 Å². The summed E-state index contributed by atoms with van der Waals surface area (Å²) in [6.07, 6.45) is 5.34. The van der Waals surface area contributed by atoms with Gasteiger partial charge in [-0.3, -0.25) is 4.79 Å². The molecule has 0 aliphatic heterocycles. The molecule has 0 aliphatic carbocycles. The van der Waals surface area contributed by atoms with Crippen LogP contribution in [0.5, 0.6) is 5.75 Å². The number of benzene rings is 2. The van der Waals surface area contributed by atoms with Crippen LogP contribution in [0, 0.1) is 19.3 Å². The van der Waals surface area contributed by atoms with Crippen LogP contribution in [-0.2, 0) is 4.79 Å². The first-order valence-corrected chi connectivity index (χ1v) is 7.44. The molecule has 0 aromatic heterocycles. The predicted molar refractivity (Wildman–Crippen MR) is 92.6 cm³/mol. The summed E-state index contributed by atoms with van der Waals surface area (Å²) in [5.74, 6) is 3.27. The van der Waals surface area contributed by atoms with E-state index < -0.39 is 0 Å². The third-order valence-corrected chi connectivity index (χ3v) is 3.16. The van der Waals surface area contributed by atoms with E-state index in [1.54, 1.807) is 0 Å². The number of carbonyl (C=O) groups is 1. The van der Waals surface area contributed by atoms with Crippen molar-refractivity contribution in [2.75, 3.05) is 25.0 Å². The number of ether oxygens (including phenoxy) is 1. The Bertz CT molecular complexity index is 705. The Morgan fingerprint density at radius 2 is 2.04 bits per heavy atom. The molecule has 0 radical (unpaired) electrons. The minimum atomic E-state index is -0.0936. The third-order valence-electron chi connectivity index (χ3n) is 3.16. The zero-order valence-electron chi connectivity index (χ0n) is 13.1. The van der Waals surface area contributed by atoms with Gasteiger partial charge in [0.1, 0.15) is 12.4 Å². The fourth-order valence-corrected chi connectivity index (χ4v) is 2.03. The van der Waals surface area contributed by atoms with Crippen LogP contribution in [0.3, 0.4) is 0 Å².